The van der Waals surface area contributed by atoms with Crippen LogP contribution in [0.25, 0.3) is 0 Å². The molecule has 0 aromatic heterocycles. The fraction of sp³-hybridized carbons (Fsp3) is 0.632. The van der Waals surface area contributed by atoms with Gasteiger partial charge in [0.2, 0.25) is 0 Å². The van der Waals surface area contributed by atoms with Crippen LogP contribution in [0.15, 0.2) is 18.2 Å². The highest BCUT2D eigenvalue weighted by Crippen LogP contribution is 2.32. The molecular formula is C19H28O4. The minimum atomic E-state index is -0.846. The maximum Gasteiger partial charge on any atom is 0.132 e. The number of aliphatic hydroxyl groups is 1. The molecule has 1 aromatic carbocycles. The SMILES string of the molecule is CC(=O)C[C@H](O)c1cc2ccc1OCCCCCCCCCO2. The Morgan fingerprint density at radius 1 is 1.04 bits per heavy atom. The molecule has 0 saturated heterocycles. The minimum Gasteiger partial charge on any atom is -0.494 e. The van der Waals surface area contributed by atoms with Gasteiger partial charge in [-0.1, -0.05) is 32.1 Å². The summed E-state index contributed by atoms with van der Waals surface area (Å²) in [6.07, 6.45) is 7.43. The number of carbonyl (C=O) groups excluding carboxylic acids is 1. The Labute approximate surface area is 138 Å². The lowest BCUT2D eigenvalue weighted by atomic mass is 10.0. The molecule has 0 unspecified atom stereocenters. The van der Waals surface area contributed by atoms with E-state index in [4.69, 9.17) is 9.47 Å². The van der Waals surface area contributed by atoms with Crippen LogP contribution >= 0.6 is 0 Å². The van der Waals surface area contributed by atoms with E-state index < -0.39 is 6.10 Å². The van der Waals surface area contributed by atoms with Crippen molar-refractivity contribution in [3.05, 3.63) is 23.8 Å². The zero-order valence-electron chi connectivity index (χ0n) is 14.1. The lowest BCUT2D eigenvalue weighted by Crippen LogP contribution is -2.08. The molecule has 2 heterocycles. The molecule has 0 radical (unpaired) electrons. The van der Waals surface area contributed by atoms with Crippen molar-refractivity contribution < 1.29 is 19.4 Å². The van der Waals surface area contributed by atoms with Crippen molar-refractivity contribution in [2.75, 3.05) is 13.2 Å². The third-order valence-corrected chi connectivity index (χ3v) is 4.14. The van der Waals surface area contributed by atoms with Crippen LogP contribution in [-0.4, -0.2) is 24.1 Å². The summed E-state index contributed by atoms with van der Waals surface area (Å²) in [6, 6.07) is 5.52. The zero-order valence-corrected chi connectivity index (χ0v) is 14.1. The first-order valence-corrected chi connectivity index (χ1v) is 8.74. The largest absolute Gasteiger partial charge is 0.494 e. The van der Waals surface area contributed by atoms with Gasteiger partial charge in [-0.25, -0.2) is 0 Å². The number of fused-ring (bicyclic) bond motifs is 12. The maximum absolute atomic E-state index is 11.3. The molecular weight excluding hydrogens is 292 g/mol. The number of ketones is 1. The lowest BCUT2D eigenvalue weighted by molar-refractivity contribution is -0.118. The van der Waals surface area contributed by atoms with Gasteiger partial charge in [-0.3, -0.25) is 4.79 Å². The number of ether oxygens (including phenoxy) is 2. The fourth-order valence-corrected chi connectivity index (χ4v) is 2.85. The topological polar surface area (TPSA) is 55.8 Å². The molecule has 0 aliphatic carbocycles. The van der Waals surface area contributed by atoms with Crippen LogP contribution in [0.5, 0.6) is 11.5 Å². The Morgan fingerprint density at radius 2 is 1.65 bits per heavy atom. The first-order chi connectivity index (χ1) is 11.2. The predicted molar refractivity (Wildman–Crippen MR) is 90.0 cm³/mol. The van der Waals surface area contributed by atoms with Crippen LogP contribution in [0, 0.1) is 0 Å². The molecule has 4 heteroatoms. The van der Waals surface area contributed by atoms with Crippen molar-refractivity contribution in [1.29, 1.82) is 0 Å². The molecule has 1 atom stereocenters. The van der Waals surface area contributed by atoms with Crippen molar-refractivity contribution in [3.63, 3.8) is 0 Å². The summed E-state index contributed by atoms with van der Waals surface area (Å²) >= 11 is 0. The van der Waals surface area contributed by atoms with Crippen LogP contribution < -0.4 is 9.47 Å². The van der Waals surface area contributed by atoms with E-state index >= 15 is 0 Å². The standard InChI is InChI=1S/C19H28O4/c1-15(20)13-18(21)17-14-16-9-10-19(17)23-12-8-6-4-2-3-5-7-11-22-16/h9-10,14,18,21H,2-8,11-13H2,1H3/t18-/m0/s1. The lowest BCUT2D eigenvalue weighted by Gasteiger charge is -2.17. The average molecular weight is 320 g/mol. The second kappa shape index (κ2) is 9.56. The number of Topliss-reactive ketones (excluding diaryl/α,β-unsaturated/α-hetero) is 1. The number of benzene rings is 1. The molecule has 0 spiro atoms. The summed E-state index contributed by atoms with van der Waals surface area (Å²) in [4.78, 5) is 11.3. The van der Waals surface area contributed by atoms with Gasteiger partial charge in [0.05, 0.1) is 19.3 Å². The predicted octanol–water partition coefficient (Wildman–Crippen LogP) is 4.20. The minimum absolute atomic E-state index is 0.0411. The highest BCUT2D eigenvalue weighted by Gasteiger charge is 2.17. The Hall–Kier alpha value is -1.55. The van der Waals surface area contributed by atoms with Gasteiger partial charge in [0.15, 0.2) is 0 Å². The smallest absolute Gasteiger partial charge is 0.132 e. The number of carbonyl (C=O) groups is 1. The van der Waals surface area contributed by atoms with Gasteiger partial charge in [0.25, 0.3) is 0 Å². The number of aliphatic hydroxyl groups excluding tert-OH is 1. The summed E-state index contributed by atoms with van der Waals surface area (Å²) in [7, 11) is 0. The van der Waals surface area contributed by atoms with Gasteiger partial charge in [0, 0.05) is 12.0 Å². The molecule has 0 amide bonds. The van der Waals surface area contributed by atoms with E-state index in [1.54, 1.807) is 0 Å². The molecule has 3 rings (SSSR count). The van der Waals surface area contributed by atoms with Gasteiger partial charge in [0.1, 0.15) is 17.3 Å². The Kier molecular flexibility index (Phi) is 7.40. The molecule has 1 aromatic rings. The van der Waals surface area contributed by atoms with Crippen LogP contribution in [-0.2, 0) is 4.79 Å². The van der Waals surface area contributed by atoms with E-state index in [1.165, 1.54) is 39.0 Å². The number of rotatable bonds is 3. The van der Waals surface area contributed by atoms with E-state index in [-0.39, 0.29) is 12.2 Å². The van der Waals surface area contributed by atoms with Gasteiger partial charge < -0.3 is 14.6 Å². The van der Waals surface area contributed by atoms with Crippen molar-refractivity contribution in [1.82, 2.24) is 0 Å². The van der Waals surface area contributed by atoms with E-state index in [1.807, 2.05) is 18.2 Å². The van der Waals surface area contributed by atoms with Crippen molar-refractivity contribution in [2.24, 2.45) is 0 Å². The van der Waals surface area contributed by atoms with Crippen molar-refractivity contribution in [2.45, 2.75) is 64.4 Å². The third-order valence-electron chi connectivity index (χ3n) is 4.14. The van der Waals surface area contributed by atoms with Gasteiger partial charge in [-0.15, -0.1) is 0 Å². The van der Waals surface area contributed by atoms with E-state index in [9.17, 15) is 9.90 Å². The number of hydrogen-bond donors (Lipinski definition) is 1. The van der Waals surface area contributed by atoms with Crippen LogP contribution in [0.4, 0.5) is 0 Å². The summed E-state index contributed by atoms with van der Waals surface area (Å²) in [5.74, 6) is 1.34. The Morgan fingerprint density at radius 3 is 2.30 bits per heavy atom. The first-order valence-electron chi connectivity index (χ1n) is 8.74. The first kappa shape index (κ1) is 17.8. The maximum atomic E-state index is 11.3. The molecule has 1 N–H and O–H groups in total. The van der Waals surface area contributed by atoms with E-state index in [0.717, 1.165) is 18.6 Å². The second-order valence-electron chi connectivity index (χ2n) is 6.29. The van der Waals surface area contributed by atoms with E-state index in [0.29, 0.717) is 24.5 Å². The summed E-state index contributed by atoms with van der Waals surface area (Å²) in [6.45, 7) is 2.81. The summed E-state index contributed by atoms with van der Waals surface area (Å²) in [5, 5.41) is 10.3. The van der Waals surface area contributed by atoms with Gasteiger partial charge in [-0.2, -0.15) is 0 Å². The molecule has 2 bridgehead atoms. The zero-order chi connectivity index (χ0) is 16.5. The van der Waals surface area contributed by atoms with E-state index in [2.05, 4.69) is 0 Å². The number of hydrogen-bond acceptors (Lipinski definition) is 4. The highest BCUT2D eigenvalue weighted by atomic mass is 16.5. The highest BCUT2D eigenvalue weighted by molar-refractivity contribution is 5.76. The fourth-order valence-electron chi connectivity index (χ4n) is 2.85. The molecule has 2 aliphatic heterocycles. The van der Waals surface area contributed by atoms with Crippen molar-refractivity contribution >= 4 is 5.78 Å². The molecule has 4 nitrogen and oxygen atoms in total. The Balaban J connectivity index is 2.14. The molecule has 2 aliphatic rings. The van der Waals surface area contributed by atoms with Gasteiger partial charge in [-0.05, 0) is 38.0 Å². The summed E-state index contributed by atoms with van der Waals surface area (Å²) in [5.41, 5.74) is 0.646. The summed E-state index contributed by atoms with van der Waals surface area (Å²) < 4.78 is 11.6. The molecule has 128 valence electrons. The second-order valence-corrected chi connectivity index (χ2v) is 6.29. The van der Waals surface area contributed by atoms with Crippen molar-refractivity contribution in [3.8, 4) is 11.5 Å². The average Bonchev–Trinajstić information content (AvgIpc) is 2.53. The van der Waals surface area contributed by atoms with Gasteiger partial charge >= 0.3 is 0 Å². The van der Waals surface area contributed by atoms with Crippen LogP contribution in [0.3, 0.4) is 0 Å². The quantitative estimate of drug-likeness (QED) is 0.907. The molecule has 0 saturated carbocycles. The Bertz CT molecular complexity index is 498. The molecule has 0 fully saturated rings. The van der Waals surface area contributed by atoms with Crippen LogP contribution in [0.1, 0.15) is 70.0 Å². The normalized spacial score (nSPS) is 18.2. The monoisotopic (exact) mass is 320 g/mol. The third kappa shape index (κ3) is 6.22. The molecule has 23 heavy (non-hydrogen) atoms. The van der Waals surface area contributed by atoms with Crippen LogP contribution in [0.2, 0.25) is 0 Å².